The number of aliphatic hydroxyl groups excluding tert-OH is 2. The molecule has 126 valence electrons. The summed E-state index contributed by atoms with van der Waals surface area (Å²) in [6, 6.07) is -0.241. The second kappa shape index (κ2) is 10.5. The van der Waals surface area contributed by atoms with Crippen molar-refractivity contribution in [3.05, 3.63) is 0 Å². The third kappa shape index (κ3) is 7.56. The smallest absolute Gasteiger partial charge is 0.117 e. The minimum atomic E-state index is -0.930. The molecular weight excluding hydrogens is 266 g/mol. The van der Waals surface area contributed by atoms with Crippen LogP contribution < -0.4 is 16.8 Å². The summed E-state index contributed by atoms with van der Waals surface area (Å²) in [4.78, 5) is 0. The Kier molecular flexibility index (Phi) is 9.44. The van der Waals surface area contributed by atoms with E-state index in [0.29, 0.717) is 18.9 Å². The number of rotatable bonds is 10. The number of hydrogen-bond donors (Lipinski definition) is 5. The van der Waals surface area contributed by atoms with Crippen LogP contribution in [0, 0.1) is 11.8 Å². The van der Waals surface area contributed by atoms with Gasteiger partial charge in [-0.2, -0.15) is 0 Å². The molecule has 1 saturated carbocycles. The number of hydrogen-bond acceptors (Lipinski definition) is 5. The van der Waals surface area contributed by atoms with Crippen LogP contribution in [0.4, 0.5) is 0 Å². The van der Waals surface area contributed by atoms with Gasteiger partial charge in [-0.25, -0.2) is 0 Å². The molecule has 4 atom stereocenters. The molecule has 1 rings (SSSR count). The second-order valence-electron chi connectivity index (χ2n) is 6.68. The molecule has 0 radical (unpaired) electrons. The van der Waals surface area contributed by atoms with Gasteiger partial charge in [-0.05, 0) is 44.1 Å². The van der Waals surface area contributed by atoms with Crippen molar-refractivity contribution in [3.63, 3.8) is 0 Å². The first kappa shape index (κ1) is 18.8. The monoisotopic (exact) mass is 301 g/mol. The van der Waals surface area contributed by atoms with Crippen LogP contribution in [-0.4, -0.2) is 35.3 Å². The highest BCUT2D eigenvalue weighted by Crippen LogP contribution is 2.32. The standard InChI is InChI=1S/C16H35N3O2/c1-12(13-7-3-2-4-8-13)11-14(16(18)21)19-15(20)9-5-6-10-17/h12-16,19-21H,2-11,17-18H2,1H3/t12-,14-,15?,16?/m0/s1. The van der Waals surface area contributed by atoms with E-state index in [2.05, 4.69) is 12.2 Å². The SMILES string of the molecule is C[C@@H](C[C@H](NC(O)CCCCN)C(N)O)C1CCCCC1. The Morgan fingerprint density at radius 1 is 1.14 bits per heavy atom. The molecule has 0 spiro atoms. The first-order valence-electron chi connectivity index (χ1n) is 8.62. The van der Waals surface area contributed by atoms with Gasteiger partial charge in [0.05, 0.1) is 0 Å². The van der Waals surface area contributed by atoms with Crippen molar-refractivity contribution in [3.8, 4) is 0 Å². The van der Waals surface area contributed by atoms with E-state index in [4.69, 9.17) is 11.5 Å². The van der Waals surface area contributed by atoms with E-state index < -0.39 is 12.5 Å². The van der Waals surface area contributed by atoms with Crippen LogP contribution in [0.5, 0.6) is 0 Å². The van der Waals surface area contributed by atoms with E-state index in [9.17, 15) is 10.2 Å². The highest BCUT2D eigenvalue weighted by Gasteiger charge is 2.26. The number of aliphatic hydroxyl groups is 2. The Labute approximate surface area is 129 Å². The third-order valence-corrected chi connectivity index (χ3v) is 4.83. The minimum Gasteiger partial charge on any atom is -0.379 e. The Balaban J connectivity index is 2.37. The summed E-state index contributed by atoms with van der Waals surface area (Å²) in [6.45, 7) is 2.89. The summed E-state index contributed by atoms with van der Waals surface area (Å²) < 4.78 is 0. The number of unbranched alkanes of at least 4 members (excludes halogenated alkanes) is 1. The molecule has 0 amide bonds. The molecule has 0 saturated heterocycles. The molecule has 5 heteroatoms. The molecule has 0 aromatic rings. The summed E-state index contributed by atoms with van der Waals surface area (Å²) >= 11 is 0. The van der Waals surface area contributed by atoms with Crippen LogP contribution in [0.25, 0.3) is 0 Å². The highest BCUT2D eigenvalue weighted by molar-refractivity contribution is 4.80. The van der Waals surface area contributed by atoms with E-state index >= 15 is 0 Å². The maximum Gasteiger partial charge on any atom is 0.117 e. The van der Waals surface area contributed by atoms with E-state index in [1.807, 2.05) is 0 Å². The lowest BCUT2D eigenvalue weighted by Crippen LogP contribution is -2.50. The zero-order valence-electron chi connectivity index (χ0n) is 13.5. The zero-order chi connectivity index (χ0) is 15.7. The van der Waals surface area contributed by atoms with E-state index in [0.717, 1.165) is 25.2 Å². The quantitative estimate of drug-likeness (QED) is 0.309. The molecule has 0 aromatic carbocycles. The lowest BCUT2D eigenvalue weighted by atomic mass is 9.78. The minimum absolute atomic E-state index is 0.241. The molecule has 7 N–H and O–H groups in total. The van der Waals surface area contributed by atoms with Crippen molar-refractivity contribution in [2.24, 2.45) is 23.3 Å². The largest absolute Gasteiger partial charge is 0.379 e. The summed E-state index contributed by atoms with van der Waals surface area (Å²) in [5.74, 6) is 1.26. The predicted molar refractivity (Wildman–Crippen MR) is 86.4 cm³/mol. The molecule has 1 fully saturated rings. The molecule has 0 aromatic heterocycles. The van der Waals surface area contributed by atoms with Crippen LogP contribution in [0.2, 0.25) is 0 Å². The van der Waals surface area contributed by atoms with Gasteiger partial charge in [-0.3, -0.25) is 5.32 Å². The molecule has 0 bridgehead atoms. The molecule has 5 nitrogen and oxygen atoms in total. The van der Waals surface area contributed by atoms with Gasteiger partial charge < -0.3 is 21.7 Å². The van der Waals surface area contributed by atoms with Gasteiger partial charge in [0.25, 0.3) is 0 Å². The van der Waals surface area contributed by atoms with Gasteiger partial charge in [0.1, 0.15) is 12.5 Å². The average molecular weight is 301 g/mol. The van der Waals surface area contributed by atoms with Crippen LogP contribution in [0.3, 0.4) is 0 Å². The first-order valence-corrected chi connectivity index (χ1v) is 8.62. The lowest BCUT2D eigenvalue weighted by Gasteiger charge is -2.32. The maximum atomic E-state index is 10.00. The van der Waals surface area contributed by atoms with Crippen LogP contribution in [-0.2, 0) is 0 Å². The fourth-order valence-corrected chi connectivity index (χ4v) is 3.41. The Bertz CT molecular complexity index is 258. The molecule has 0 aliphatic heterocycles. The molecular formula is C16H35N3O2. The zero-order valence-corrected chi connectivity index (χ0v) is 13.5. The normalized spacial score (nSPS) is 22.7. The lowest BCUT2D eigenvalue weighted by molar-refractivity contribution is 0.0484. The van der Waals surface area contributed by atoms with Gasteiger partial charge >= 0.3 is 0 Å². The Morgan fingerprint density at radius 2 is 1.81 bits per heavy atom. The van der Waals surface area contributed by atoms with Gasteiger partial charge in [0.15, 0.2) is 0 Å². The third-order valence-electron chi connectivity index (χ3n) is 4.83. The van der Waals surface area contributed by atoms with Gasteiger partial charge in [-0.15, -0.1) is 0 Å². The van der Waals surface area contributed by atoms with Crippen molar-refractivity contribution in [1.82, 2.24) is 5.32 Å². The molecule has 2 unspecified atom stereocenters. The number of nitrogens with one attached hydrogen (secondary N) is 1. The van der Waals surface area contributed by atoms with Gasteiger partial charge in [0.2, 0.25) is 0 Å². The van der Waals surface area contributed by atoms with Crippen LogP contribution >= 0.6 is 0 Å². The van der Waals surface area contributed by atoms with Crippen molar-refractivity contribution < 1.29 is 10.2 Å². The average Bonchev–Trinajstić information content (AvgIpc) is 2.47. The summed E-state index contributed by atoms with van der Waals surface area (Å²) in [7, 11) is 0. The molecule has 1 aliphatic carbocycles. The van der Waals surface area contributed by atoms with E-state index in [1.54, 1.807) is 0 Å². The Morgan fingerprint density at radius 3 is 2.38 bits per heavy atom. The van der Waals surface area contributed by atoms with Gasteiger partial charge in [0, 0.05) is 6.04 Å². The summed E-state index contributed by atoms with van der Waals surface area (Å²) in [6.07, 6.45) is 8.28. The maximum absolute atomic E-state index is 10.00. The fraction of sp³-hybridized carbons (Fsp3) is 1.00. The van der Waals surface area contributed by atoms with Crippen LogP contribution in [0.15, 0.2) is 0 Å². The van der Waals surface area contributed by atoms with Crippen molar-refractivity contribution in [2.45, 2.75) is 83.2 Å². The highest BCUT2D eigenvalue weighted by atomic mass is 16.3. The Hall–Kier alpha value is -0.200. The molecule has 0 heterocycles. The molecule has 1 aliphatic rings. The summed E-state index contributed by atoms with van der Waals surface area (Å²) in [5, 5.41) is 22.8. The second-order valence-corrected chi connectivity index (χ2v) is 6.68. The van der Waals surface area contributed by atoms with Crippen LogP contribution in [0.1, 0.15) is 64.7 Å². The van der Waals surface area contributed by atoms with Crippen molar-refractivity contribution >= 4 is 0 Å². The fourth-order valence-electron chi connectivity index (χ4n) is 3.41. The topological polar surface area (TPSA) is 105 Å². The van der Waals surface area contributed by atoms with Gasteiger partial charge in [-0.1, -0.05) is 39.0 Å². The summed E-state index contributed by atoms with van der Waals surface area (Å²) in [5.41, 5.74) is 11.1. The van der Waals surface area contributed by atoms with Crippen molar-refractivity contribution in [1.29, 1.82) is 0 Å². The predicted octanol–water partition coefficient (Wildman–Crippen LogP) is 1.28. The molecule has 21 heavy (non-hydrogen) atoms. The first-order chi connectivity index (χ1) is 10.0. The van der Waals surface area contributed by atoms with E-state index in [-0.39, 0.29) is 6.04 Å². The van der Waals surface area contributed by atoms with E-state index in [1.165, 1.54) is 32.1 Å². The number of nitrogens with two attached hydrogens (primary N) is 2. The van der Waals surface area contributed by atoms with Crippen molar-refractivity contribution in [2.75, 3.05) is 6.54 Å².